The zero-order chi connectivity index (χ0) is 14.7. The van der Waals surface area contributed by atoms with Crippen LogP contribution >= 0.6 is 11.6 Å². The summed E-state index contributed by atoms with van der Waals surface area (Å²) < 4.78 is 31.9. The fourth-order valence-electron chi connectivity index (χ4n) is 1.59. The van der Waals surface area contributed by atoms with Crippen molar-refractivity contribution in [3.8, 4) is 0 Å². The van der Waals surface area contributed by atoms with E-state index in [-0.39, 0.29) is 12.3 Å². The van der Waals surface area contributed by atoms with Crippen LogP contribution < -0.4 is 5.73 Å². The highest BCUT2D eigenvalue weighted by Gasteiger charge is 2.21. The number of nitrogens with two attached hydrogens (primary N) is 1. The van der Waals surface area contributed by atoms with E-state index in [9.17, 15) is 13.6 Å². The van der Waals surface area contributed by atoms with Crippen molar-refractivity contribution >= 4 is 23.3 Å². The maximum absolute atomic E-state index is 13.6. The van der Waals surface area contributed by atoms with Gasteiger partial charge in [0.05, 0.1) is 5.69 Å². The van der Waals surface area contributed by atoms with E-state index in [4.69, 9.17) is 22.1 Å². The maximum atomic E-state index is 13.6. The molecule has 20 heavy (non-hydrogen) atoms. The van der Waals surface area contributed by atoms with Crippen molar-refractivity contribution in [1.29, 1.82) is 0 Å². The minimum absolute atomic E-state index is 0.188. The molecule has 0 unspecified atom stereocenters. The number of rotatable bonds is 3. The molecule has 0 bridgehead atoms. The van der Waals surface area contributed by atoms with Crippen LogP contribution in [0, 0.1) is 11.6 Å². The molecule has 0 heterocycles. The predicted octanol–water partition coefficient (Wildman–Crippen LogP) is 3.56. The van der Waals surface area contributed by atoms with Gasteiger partial charge in [0.1, 0.15) is 18.0 Å². The van der Waals surface area contributed by atoms with E-state index in [0.29, 0.717) is 10.6 Å². The van der Waals surface area contributed by atoms with Gasteiger partial charge in [-0.3, -0.25) is 0 Å². The minimum atomic E-state index is -1.13. The summed E-state index contributed by atoms with van der Waals surface area (Å²) in [7, 11) is 0. The molecule has 2 N–H and O–H groups in total. The van der Waals surface area contributed by atoms with Crippen LogP contribution in [-0.2, 0) is 11.3 Å². The second kappa shape index (κ2) is 5.88. The fraction of sp³-hybridized carbons (Fsp3) is 0.0714. The lowest BCUT2D eigenvalue weighted by molar-refractivity contribution is 0.0462. The van der Waals surface area contributed by atoms with E-state index in [1.807, 2.05) is 0 Å². The summed E-state index contributed by atoms with van der Waals surface area (Å²) >= 11 is 5.88. The number of hydrogen-bond donors (Lipinski definition) is 1. The van der Waals surface area contributed by atoms with Crippen molar-refractivity contribution in [3.63, 3.8) is 0 Å². The van der Waals surface area contributed by atoms with Crippen LogP contribution in [0.3, 0.4) is 0 Å². The Bertz CT molecular complexity index is 662. The highest BCUT2D eigenvalue weighted by atomic mass is 35.5. The largest absolute Gasteiger partial charge is 0.457 e. The number of anilines is 1. The van der Waals surface area contributed by atoms with Crippen molar-refractivity contribution in [2.24, 2.45) is 0 Å². The van der Waals surface area contributed by atoms with Gasteiger partial charge in [-0.1, -0.05) is 29.8 Å². The van der Waals surface area contributed by atoms with E-state index in [2.05, 4.69) is 0 Å². The number of nitrogen functional groups attached to an aromatic ring is 1. The van der Waals surface area contributed by atoms with E-state index in [0.717, 1.165) is 12.1 Å². The van der Waals surface area contributed by atoms with Gasteiger partial charge >= 0.3 is 5.97 Å². The number of carbonyl (C=O) groups is 1. The van der Waals surface area contributed by atoms with Crippen LogP contribution in [0.4, 0.5) is 14.5 Å². The van der Waals surface area contributed by atoms with E-state index < -0.39 is 23.2 Å². The number of halogens is 3. The third-order valence-corrected chi connectivity index (χ3v) is 3.01. The molecule has 0 fully saturated rings. The van der Waals surface area contributed by atoms with Crippen molar-refractivity contribution < 1.29 is 18.3 Å². The summed E-state index contributed by atoms with van der Waals surface area (Å²) in [5, 5.41) is 0.397. The molecule has 0 radical (unpaired) electrons. The number of carbonyl (C=O) groups excluding carboxylic acids is 1. The summed E-state index contributed by atoms with van der Waals surface area (Å²) in [6, 6.07) is 8.62. The highest BCUT2D eigenvalue weighted by molar-refractivity contribution is 6.31. The molecule has 0 aliphatic rings. The Hall–Kier alpha value is -2.14. The molecule has 0 aromatic heterocycles. The predicted molar refractivity (Wildman–Crippen MR) is 71.3 cm³/mol. The zero-order valence-electron chi connectivity index (χ0n) is 10.2. The molecule has 0 saturated heterocycles. The van der Waals surface area contributed by atoms with Crippen molar-refractivity contribution in [3.05, 3.63) is 64.2 Å². The van der Waals surface area contributed by atoms with Gasteiger partial charge in [0.15, 0.2) is 5.82 Å². The van der Waals surface area contributed by atoms with Gasteiger partial charge < -0.3 is 10.5 Å². The Labute approximate surface area is 118 Å². The number of benzene rings is 2. The highest BCUT2D eigenvalue weighted by Crippen LogP contribution is 2.21. The number of esters is 1. The topological polar surface area (TPSA) is 52.3 Å². The summed E-state index contributed by atoms with van der Waals surface area (Å²) in [5.74, 6) is -3.29. The first-order chi connectivity index (χ1) is 9.50. The van der Waals surface area contributed by atoms with Crippen LogP contribution in [0.1, 0.15) is 15.9 Å². The molecule has 0 aliphatic carbocycles. The molecule has 104 valence electrons. The third kappa shape index (κ3) is 2.88. The normalized spacial score (nSPS) is 10.3. The first-order valence-corrected chi connectivity index (χ1v) is 6.02. The Morgan fingerprint density at radius 1 is 1.20 bits per heavy atom. The fourth-order valence-corrected chi connectivity index (χ4v) is 1.78. The van der Waals surface area contributed by atoms with Gasteiger partial charge in [-0.2, -0.15) is 0 Å². The first kappa shape index (κ1) is 14.3. The summed E-state index contributed by atoms with van der Waals surface area (Å²) in [4.78, 5) is 11.7. The lowest BCUT2D eigenvalue weighted by Gasteiger charge is -2.08. The zero-order valence-corrected chi connectivity index (χ0v) is 11.0. The van der Waals surface area contributed by atoms with Crippen LogP contribution in [-0.4, -0.2) is 5.97 Å². The number of ether oxygens (including phenoxy) is 1. The Morgan fingerprint density at radius 3 is 2.60 bits per heavy atom. The molecular formula is C14H10ClF2NO2. The molecule has 0 amide bonds. The van der Waals surface area contributed by atoms with Crippen molar-refractivity contribution in [2.45, 2.75) is 6.61 Å². The molecule has 3 nitrogen and oxygen atoms in total. The lowest BCUT2D eigenvalue weighted by Crippen LogP contribution is -2.12. The molecular weight excluding hydrogens is 288 g/mol. The first-order valence-electron chi connectivity index (χ1n) is 5.64. The van der Waals surface area contributed by atoms with Crippen LogP contribution in [0.15, 0.2) is 36.4 Å². The standard InChI is InChI=1S/C14H10ClF2NO2/c15-9-4-2-1-3-8(9)7-20-14(19)12-10(16)5-6-11(18)13(12)17/h1-6H,7,18H2. The summed E-state index contributed by atoms with van der Waals surface area (Å²) in [5.41, 5.74) is 4.69. The molecule has 0 saturated carbocycles. The smallest absolute Gasteiger partial charge is 0.344 e. The van der Waals surface area contributed by atoms with Gasteiger partial charge in [0.2, 0.25) is 0 Å². The quantitative estimate of drug-likeness (QED) is 0.696. The molecule has 0 spiro atoms. The summed E-state index contributed by atoms with van der Waals surface area (Å²) in [6.07, 6.45) is 0. The molecule has 2 aromatic rings. The average molecular weight is 298 g/mol. The van der Waals surface area contributed by atoms with Gasteiger partial charge in [0, 0.05) is 10.6 Å². The van der Waals surface area contributed by atoms with Crippen LogP contribution in [0.2, 0.25) is 5.02 Å². The monoisotopic (exact) mass is 297 g/mol. The molecule has 2 rings (SSSR count). The van der Waals surface area contributed by atoms with Gasteiger partial charge in [0.25, 0.3) is 0 Å². The second-order valence-corrected chi connectivity index (χ2v) is 4.40. The average Bonchev–Trinajstić information content (AvgIpc) is 2.42. The molecule has 2 aromatic carbocycles. The molecule has 6 heteroatoms. The van der Waals surface area contributed by atoms with Gasteiger partial charge in [-0.15, -0.1) is 0 Å². The van der Waals surface area contributed by atoms with Crippen molar-refractivity contribution in [2.75, 3.05) is 5.73 Å². The SMILES string of the molecule is Nc1ccc(F)c(C(=O)OCc2ccccc2Cl)c1F. The second-order valence-electron chi connectivity index (χ2n) is 3.99. The Morgan fingerprint density at radius 2 is 1.90 bits per heavy atom. The Kier molecular flexibility index (Phi) is 4.20. The van der Waals surface area contributed by atoms with Crippen LogP contribution in [0.25, 0.3) is 0 Å². The van der Waals surface area contributed by atoms with Crippen LogP contribution in [0.5, 0.6) is 0 Å². The van der Waals surface area contributed by atoms with Gasteiger partial charge in [-0.25, -0.2) is 13.6 Å². The minimum Gasteiger partial charge on any atom is -0.457 e. The Balaban J connectivity index is 2.18. The number of hydrogen-bond acceptors (Lipinski definition) is 3. The maximum Gasteiger partial charge on any atom is 0.344 e. The van der Waals surface area contributed by atoms with Crippen molar-refractivity contribution in [1.82, 2.24) is 0 Å². The van der Waals surface area contributed by atoms with E-state index >= 15 is 0 Å². The third-order valence-electron chi connectivity index (χ3n) is 2.64. The lowest BCUT2D eigenvalue weighted by atomic mass is 10.1. The summed E-state index contributed by atoms with van der Waals surface area (Å²) in [6.45, 7) is -0.188. The molecule has 0 atom stereocenters. The van der Waals surface area contributed by atoms with E-state index in [1.54, 1.807) is 24.3 Å². The van der Waals surface area contributed by atoms with Gasteiger partial charge in [-0.05, 0) is 18.2 Å². The molecule has 0 aliphatic heterocycles. The van der Waals surface area contributed by atoms with E-state index in [1.165, 1.54) is 0 Å².